The van der Waals surface area contributed by atoms with Crippen molar-refractivity contribution in [1.82, 2.24) is 0 Å². The maximum absolute atomic E-state index is 11.1. The highest BCUT2D eigenvalue weighted by atomic mass is 16.3. The van der Waals surface area contributed by atoms with Crippen LogP contribution in [0.3, 0.4) is 0 Å². The van der Waals surface area contributed by atoms with E-state index in [1.165, 1.54) is 37.7 Å². The molecule has 0 saturated heterocycles. The van der Waals surface area contributed by atoms with Crippen LogP contribution in [-0.4, -0.2) is 33.1 Å². The summed E-state index contributed by atoms with van der Waals surface area (Å²) in [7, 11) is 0. The zero-order valence-corrected chi connectivity index (χ0v) is 24.3. The fraction of sp³-hybridized carbons (Fsp3) is 0.657. The molecule has 1 aromatic rings. The summed E-state index contributed by atoms with van der Waals surface area (Å²) in [6, 6.07) is 10.3. The Morgan fingerprint density at radius 1 is 1.13 bits per heavy atom. The molecular weight excluding hydrogens is 468 g/mol. The van der Waals surface area contributed by atoms with Gasteiger partial charge in [-0.25, -0.2) is 0 Å². The van der Waals surface area contributed by atoms with Crippen molar-refractivity contribution in [2.45, 2.75) is 116 Å². The van der Waals surface area contributed by atoms with Crippen molar-refractivity contribution < 1.29 is 15.3 Å². The number of aliphatic hydroxyl groups excluding tert-OH is 2. The third-order valence-electron chi connectivity index (χ3n) is 10.4. The van der Waals surface area contributed by atoms with Crippen LogP contribution in [0.25, 0.3) is 0 Å². The van der Waals surface area contributed by atoms with E-state index in [4.69, 9.17) is 0 Å². The molecule has 3 saturated carbocycles. The lowest BCUT2D eigenvalue weighted by molar-refractivity contribution is 0.0143. The maximum atomic E-state index is 11.1. The Kier molecular flexibility index (Phi) is 9.43. The summed E-state index contributed by atoms with van der Waals surface area (Å²) in [5.41, 5.74) is 4.37. The summed E-state index contributed by atoms with van der Waals surface area (Å²) in [6.45, 7) is 13.1. The van der Waals surface area contributed by atoms with Gasteiger partial charge in [0.1, 0.15) is 0 Å². The van der Waals surface area contributed by atoms with Gasteiger partial charge in [-0.2, -0.15) is 0 Å². The SMILES string of the molecule is C=C1/C(=C\C=C2/CCC[C@]3(C)[C@@H]([C@H](C)CCCC(C)(C)O)CC[C@@H]23)C[C@@H](O)[C@H](CCc2ccccc2)[C@@H]1O. The highest BCUT2D eigenvalue weighted by Gasteiger charge is 2.50. The van der Waals surface area contributed by atoms with Crippen molar-refractivity contribution >= 4 is 0 Å². The van der Waals surface area contributed by atoms with Crippen LogP contribution in [0.15, 0.2) is 65.8 Å². The summed E-state index contributed by atoms with van der Waals surface area (Å²) in [5, 5.41) is 32.2. The molecule has 3 nitrogen and oxygen atoms in total. The molecule has 3 aliphatic carbocycles. The molecule has 0 heterocycles. The first kappa shape index (κ1) is 29.3. The lowest BCUT2D eigenvalue weighted by atomic mass is 9.60. The van der Waals surface area contributed by atoms with Crippen LogP contribution >= 0.6 is 0 Å². The first-order valence-corrected chi connectivity index (χ1v) is 15.2. The molecule has 38 heavy (non-hydrogen) atoms. The number of benzene rings is 1. The normalized spacial score (nSPS) is 35.0. The van der Waals surface area contributed by atoms with Crippen molar-refractivity contribution in [3.63, 3.8) is 0 Å². The van der Waals surface area contributed by atoms with Gasteiger partial charge in [-0.3, -0.25) is 0 Å². The summed E-state index contributed by atoms with van der Waals surface area (Å²) in [4.78, 5) is 0. The van der Waals surface area contributed by atoms with Crippen molar-refractivity contribution in [2.24, 2.45) is 29.1 Å². The number of fused-ring (bicyclic) bond motifs is 1. The molecule has 1 aromatic carbocycles. The van der Waals surface area contributed by atoms with Gasteiger partial charge in [-0.15, -0.1) is 0 Å². The molecule has 0 aliphatic heterocycles. The summed E-state index contributed by atoms with van der Waals surface area (Å²) in [6.07, 6.45) is 14.9. The number of aliphatic hydroxyl groups is 3. The van der Waals surface area contributed by atoms with Gasteiger partial charge in [-0.1, -0.05) is 81.3 Å². The van der Waals surface area contributed by atoms with Crippen molar-refractivity contribution in [3.8, 4) is 0 Å². The summed E-state index contributed by atoms with van der Waals surface area (Å²) >= 11 is 0. The molecule has 0 amide bonds. The zero-order chi connectivity index (χ0) is 27.5. The van der Waals surface area contributed by atoms with Gasteiger partial charge in [0, 0.05) is 5.92 Å². The molecule has 0 unspecified atom stereocenters. The molecule has 0 aromatic heterocycles. The molecule has 7 atom stereocenters. The van der Waals surface area contributed by atoms with E-state index in [1.807, 2.05) is 32.0 Å². The van der Waals surface area contributed by atoms with Gasteiger partial charge in [0.05, 0.1) is 17.8 Å². The average Bonchev–Trinajstić information content (AvgIpc) is 3.22. The Labute approximate surface area is 231 Å². The fourth-order valence-electron chi connectivity index (χ4n) is 8.15. The summed E-state index contributed by atoms with van der Waals surface area (Å²) in [5.74, 6) is 1.88. The second-order valence-corrected chi connectivity index (χ2v) is 13.6. The van der Waals surface area contributed by atoms with Crippen LogP contribution < -0.4 is 0 Å². The molecule has 210 valence electrons. The van der Waals surface area contributed by atoms with Crippen molar-refractivity contribution in [1.29, 1.82) is 0 Å². The van der Waals surface area contributed by atoms with E-state index in [1.54, 1.807) is 5.57 Å². The quantitative estimate of drug-likeness (QED) is 0.315. The fourth-order valence-corrected chi connectivity index (χ4v) is 8.15. The van der Waals surface area contributed by atoms with Crippen LogP contribution in [0.5, 0.6) is 0 Å². The topological polar surface area (TPSA) is 60.7 Å². The van der Waals surface area contributed by atoms with Crippen LogP contribution in [0.2, 0.25) is 0 Å². The van der Waals surface area contributed by atoms with E-state index in [0.29, 0.717) is 23.7 Å². The van der Waals surface area contributed by atoms with Crippen LogP contribution in [0.4, 0.5) is 0 Å². The average molecular weight is 521 g/mol. The lowest BCUT2D eigenvalue weighted by Crippen LogP contribution is -2.39. The highest BCUT2D eigenvalue weighted by Crippen LogP contribution is 2.60. The van der Waals surface area contributed by atoms with E-state index in [2.05, 4.69) is 44.7 Å². The molecular formula is C35H52O3. The Hall–Kier alpha value is -1.68. The minimum atomic E-state index is -0.690. The third kappa shape index (κ3) is 6.72. The molecule has 3 fully saturated rings. The van der Waals surface area contributed by atoms with Crippen molar-refractivity contribution in [2.75, 3.05) is 0 Å². The van der Waals surface area contributed by atoms with Gasteiger partial charge in [0.2, 0.25) is 0 Å². The molecule has 0 spiro atoms. The lowest BCUT2D eigenvalue weighted by Gasteiger charge is -2.44. The Morgan fingerprint density at radius 2 is 1.87 bits per heavy atom. The van der Waals surface area contributed by atoms with Gasteiger partial charge >= 0.3 is 0 Å². The predicted octanol–water partition coefficient (Wildman–Crippen LogP) is 7.56. The standard InChI is InChI=1S/C35H52O3/c1-24(11-9-21-34(3,4)38)30-19-20-31-27(14-10-22-35(30,31)5)16-17-28-23-32(36)29(33(37)25(28)2)18-15-26-12-7-6-8-13-26/h6-8,12-13,16-17,24,29-33,36-38H,2,9-11,14-15,18-23H2,1,3-5H3/b27-16+,28-17-/t24-,29+,30-,31+,32-,33-,35-/m1/s1. The Morgan fingerprint density at radius 3 is 2.58 bits per heavy atom. The molecule has 3 N–H and O–H groups in total. The largest absolute Gasteiger partial charge is 0.392 e. The van der Waals surface area contributed by atoms with E-state index >= 15 is 0 Å². The number of allylic oxidation sites excluding steroid dienone is 3. The molecule has 4 rings (SSSR count). The third-order valence-corrected chi connectivity index (χ3v) is 10.4. The van der Waals surface area contributed by atoms with E-state index < -0.39 is 17.8 Å². The molecule has 0 bridgehead atoms. The van der Waals surface area contributed by atoms with Gasteiger partial charge in [0.25, 0.3) is 0 Å². The monoisotopic (exact) mass is 520 g/mol. The summed E-state index contributed by atoms with van der Waals surface area (Å²) < 4.78 is 0. The van der Waals surface area contributed by atoms with Crippen LogP contribution in [-0.2, 0) is 6.42 Å². The second-order valence-electron chi connectivity index (χ2n) is 13.6. The first-order chi connectivity index (χ1) is 18.0. The number of aryl methyl sites for hydroxylation is 1. The zero-order valence-electron chi connectivity index (χ0n) is 24.3. The van der Waals surface area contributed by atoms with E-state index in [0.717, 1.165) is 49.2 Å². The second kappa shape index (κ2) is 12.2. The van der Waals surface area contributed by atoms with Gasteiger partial charge in [-0.05, 0) is 112 Å². The highest BCUT2D eigenvalue weighted by molar-refractivity contribution is 5.39. The number of hydrogen-bond donors (Lipinski definition) is 3. The molecule has 3 heteroatoms. The van der Waals surface area contributed by atoms with E-state index in [-0.39, 0.29) is 5.92 Å². The molecule has 0 radical (unpaired) electrons. The van der Waals surface area contributed by atoms with Crippen molar-refractivity contribution in [3.05, 3.63) is 71.3 Å². The Bertz CT molecular complexity index is 1000. The molecule has 3 aliphatic rings. The van der Waals surface area contributed by atoms with Crippen LogP contribution in [0, 0.1) is 29.1 Å². The van der Waals surface area contributed by atoms with Crippen LogP contribution in [0.1, 0.15) is 97.5 Å². The first-order valence-electron chi connectivity index (χ1n) is 15.2. The minimum absolute atomic E-state index is 0.168. The Balaban J connectivity index is 1.40. The van der Waals surface area contributed by atoms with Gasteiger partial charge < -0.3 is 15.3 Å². The van der Waals surface area contributed by atoms with E-state index in [9.17, 15) is 15.3 Å². The van der Waals surface area contributed by atoms with Gasteiger partial charge in [0.15, 0.2) is 0 Å². The number of rotatable bonds is 9. The number of hydrogen-bond acceptors (Lipinski definition) is 3. The maximum Gasteiger partial charge on any atom is 0.0840 e. The minimum Gasteiger partial charge on any atom is -0.392 e. The predicted molar refractivity (Wildman–Crippen MR) is 158 cm³/mol. The smallest absolute Gasteiger partial charge is 0.0840 e.